The highest BCUT2D eigenvalue weighted by molar-refractivity contribution is 7.09. The summed E-state index contributed by atoms with van der Waals surface area (Å²) in [5.41, 5.74) is 1.10. The van der Waals surface area contributed by atoms with Gasteiger partial charge in [-0.3, -0.25) is 9.59 Å². The van der Waals surface area contributed by atoms with E-state index in [1.165, 1.54) is 18.4 Å². The molecule has 2 aromatic carbocycles. The second-order valence-corrected chi connectivity index (χ2v) is 9.76. The Bertz CT molecular complexity index is 1130. The number of nitrogens with zero attached hydrogens (tertiary/aromatic N) is 1. The molecule has 36 heavy (non-hydrogen) atoms. The number of methoxy groups -OCH3 is 3. The zero-order chi connectivity index (χ0) is 26.1. The summed E-state index contributed by atoms with van der Waals surface area (Å²) in [4.78, 5) is 30.2. The van der Waals surface area contributed by atoms with E-state index in [2.05, 4.69) is 19.2 Å². The zero-order valence-corrected chi connectivity index (χ0v) is 22.3. The molecular weight excluding hydrogens is 476 g/mol. The number of carbonyl (C=O) groups is 2. The van der Waals surface area contributed by atoms with Gasteiger partial charge in [0.2, 0.25) is 5.91 Å². The summed E-state index contributed by atoms with van der Waals surface area (Å²) in [5.74, 6) is 1.57. The molecule has 0 saturated heterocycles. The molecule has 0 saturated carbocycles. The lowest BCUT2D eigenvalue weighted by Gasteiger charge is -2.31. The summed E-state index contributed by atoms with van der Waals surface area (Å²) in [6, 6.07) is 15.3. The molecule has 3 rings (SSSR count). The average molecular weight is 511 g/mol. The van der Waals surface area contributed by atoms with Crippen molar-refractivity contribution in [2.75, 3.05) is 27.9 Å². The van der Waals surface area contributed by atoms with E-state index in [0.29, 0.717) is 40.8 Å². The molecule has 0 fully saturated rings. The second-order valence-electron chi connectivity index (χ2n) is 8.73. The first kappa shape index (κ1) is 27.1. The molecular formula is C28H34N2O5S. The van der Waals surface area contributed by atoms with Gasteiger partial charge in [-0.05, 0) is 59.7 Å². The van der Waals surface area contributed by atoms with E-state index >= 15 is 0 Å². The minimum Gasteiger partial charge on any atom is -0.497 e. The summed E-state index contributed by atoms with van der Waals surface area (Å²) in [7, 11) is 4.66. The molecule has 0 aliphatic rings. The van der Waals surface area contributed by atoms with Gasteiger partial charge in [0.1, 0.15) is 11.8 Å². The van der Waals surface area contributed by atoms with Crippen LogP contribution in [0.2, 0.25) is 0 Å². The molecule has 2 amide bonds. The highest BCUT2D eigenvalue weighted by Crippen LogP contribution is 2.32. The molecule has 0 aliphatic carbocycles. The lowest BCUT2D eigenvalue weighted by molar-refractivity contribution is -0.126. The van der Waals surface area contributed by atoms with E-state index in [-0.39, 0.29) is 18.4 Å². The topological polar surface area (TPSA) is 77.1 Å². The standard InChI is InChI=1S/C28H34N2O5S/c1-19(2)14-15-29-27(31)26(20-8-11-22(33-3)12-9-20)30(18-23-7-6-16-36-23)28(32)21-10-13-24(34-4)25(17-21)35-5/h6-13,16-17,19,26H,14-15,18H2,1-5H3,(H,29,31)/t26-/m0/s1. The quantitative estimate of drug-likeness (QED) is 0.357. The first-order valence-corrected chi connectivity index (χ1v) is 12.7. The fourth-order valence-corrected chi connectivity index (χ4v) is 4.53. The Hall–Kier alpha value is -3.52. The summed E-state index contributed by atoms with van der Waals surface area (Å²) in [6.45, 7) is 5.02. The van der Waals surface area contributed by atoms with Gasteiger partial charge in [-0.2, -0.15) is 0 Å². The summed E-state index contributed by atoms with van der Waals surface area (Å²) >= 11 is 1.54. The van der Waals surface area contributed by atoms with E-state index in [1.807, 2.05) is 29.6 Å². The zero-order valence-electron chi connectivity index (χ0n) is 21.4. The summed E-state index contributed by atoms with van der Waals surface area (Å²) < 4.78 is 16.1. The number of nitrogens with one attached hydrogen (secondary N) is 1. The van der Waals surface area contributed by atoms with Crippen LogP contribution < -0.4 is 19.5 Å². The van der Waals surface area contributed by atoms with E-state index in [9.17, 15) is 9.59 Å². The molecule has 7 nitrogen and oxygen atoms in total. The van der Waals surface area contributed by atoms with Gasteiger partial charge in [-0.1, -0.05) is 32.0 Å². The third-order valence-electron chi connectivity index (χ3n) is 5.81. The molecule has 1 heterocycles. The number of amides is 2. The van der Waals surface area contributed by atoms with E-state index in [4.69, 9.17) is 14.2 Å². The van der Waals surface area contributed by atoms with Gasteiger partial charge in [0, 0.05) is 17.0 Å². The number of hydrogen-bond donors (Lipinski definition) is 1. The van der Waals surface area contributed by atoms with Crippen LogP contribution in [0.25, 0.3) is 0 Å². The van der Waals surface area contributed by atoms with Gasteiger partial charge in [-0.15, -0.1) is 11.3 Å². The van der Waals surface area contributed by atoms with Gasteiger partial charge >= 0.3 is 0 Å². The molecule has 1 atom stereocenters. The predicted octanol–water partition coefficient (Wildman–Crippen LogP) is 5.32. The maximum atomic E-state index is 14.0. The van der Waals surface area contributed by atoms with Crippen molar-refractivity contribution in [1.82, 2.24) is 10.2 Å². The average Bonchev–Trinajstić information content (AvgIpc) is 3.41. The molecule has 1 aromatic heterocycles. The normalized spacial score (nSPS) is 11.6. The minimum absolute atomic E-state index is 0.230. The maximum Gasteiger partial charge on any atom is 0.255 e. The lowest BCUT2D eigenvalue weighted by Crippen LogP contribution is -2.43. The molecule has 0 bridgehead atoms. The predicted molar refractivity (Wildman–Crippen MR) is 142 cm³/mol. The van der Waals surface area contributed by atoms with Crippen LogP contribution in [0.1, 0.15) is 47.1 Å². The van der Waals surface area contributed by atoms with Crippen LogP contribution in [0.15, 0.2) is 60.0 Å². The van der Waals surface area contributed by atoms with E-state index in [1.54, 1.807) is 49.5 Å². The molecule has 8 heteroatoms. The number of carbonyl (C=O) groups excluding carboxylic acids is 2. The first-order chi connectivity index (χ1) is 17.4. The molecule has 0 spiro atoms. The van der Waals surface area contributed by atoms with Gasteiger partial charge in [0.05, 0.1) is 27.9 Å². The van der Waals surface area contributed by atoms with Crippen molar-refractivity contribution in [3.8, 4) is 17.2 Å². The summed E-state index contributed by atoms with van der Waals surface area (Å²) in [5, 5.41) is 5.00. The SMILES string of the molecule is COc1ccc([C@@H](C(=O)NCCC(C)C)N(Cc2cccs2)C(=O)c2ccc(OC)c(OC)c2)cc1. The van der Waals surface area contributed by atoms with Crippen molar-refractivity contribution in [3.05, 3.63) is 76.0 Å². The molecule has 192 valence electrons. The smallest absolute Gasteiger partial charge is 0.255 e. The van der Waals surface area contributed by atoms with Crippen molar-refractivity contribution < 1.29 is 23.8 Å². The van der Waals surface area contributed by atoms with Crippen LogP contribution in [0, 0.1) is 5.92 Å². The third-order valence-corrected chi connectivity index (χ3v) is 6.67. The fraction of sp³-hybridized carbons (Fsp3) is 0.357. The van der Waals surface area contributed by atoms with Crippen LogP contribution in [-0.2, 0) is 11.3 Å². The molecule has 0 unspecified atom stereocenters. The Morgan fingerprint density at radius 1 is 0.944 bits per heavy atom. The Labute approximate surface area is 217 Å². The molecule has 0 radical (unpaired) electrons. The van der Waals surface area contributed by atoms with Crippen LogP contribution in [0.5, 0.6) is 17.2 Å². The van der Waals surface area contributed by atoms with Gasteiger partial charge < -0.3 is 24.4 Å². The number of hydrogen-bond acceptors (Lipinski definition) is 6. The van der Waals surface area contributed by atoms with Crippen LogP contribution in [0.3, 0.4) is 0 Å². The highest BCUT2D eigenvalue weighted by Gasteiger charge is 2.33. The van der Waals surface area contributed by atoms with Crippen LogP contribution in [0.4, 0.5) is 0 Å². The monoisotopic (exact) mass is 510 g/mol. The molecule has 0 aliphatic heterocycles. The fourth-order valence-electron chi connectivity index (χ4n) is 3.83. The highest BCUT2D eigenvalue weighted by atomic mass is 32.1. The Morgan fingerprint density at radius 2 is 1.67 bits per heavy atom. The van der Waals surface area contributed by atoms with Crippen LogP contribution >= 0.6 is 11.3 Å². The molecule has 1 N–H and O–H groups in total. The van der Waals surface area contributed by atoms with Crippen molar-refractivity contribution in [2.45, 2.75) is 32.9 Å². The van der Waals surface area contributed by atoms with Crippen LogP contribution in [-0.4, -0.2) is 44.6 Å². The largest absolute Gasteiger partial charge is 0.497 e. The number of rotatable bonds is 12. The van der Waals surface area contributed by atoms with E-state index in [0.717, 1.165) is 11.3 Å². The Balaban J connectivity index is 2.05. The van der Waals surface area contributed by atoms with Crippen molar-refractivity contribution >= 4 is 23.2 Å². The Kier molecular flexibility index (Phi) is 9.76. The first-order valence-electron chi connectivity index (χ1n) is 11.8. The number of thiophene rings is 1. The van der Waals surface area contributed by atoms with Gasteiger partial charge in [-0.25, -0.2) is 0 Å². The summed E-state index contributed by atoms with van der Waals surface area (Å²) in [6.07, 6.45) is 0.843. The maximum absolute atomic E-state index is 14.0. The van der Waals surface area contributed by atoms with Crippen molar-refractivity contribution in [3.63, 3.8) is 0 Å². The lowest BCUT2D eigenvalue weighted by atomic mass is 10.0. The minimum atomic E-state index is -0.842. The number of benzene rings is 2. The van der Waals surface area contributed by atoms with Gasteiger partial charge in [0.25, 0.3) is 5.91 Å². The van der Waals surface area contributed by atoms with Gasteiger partial charge in [0.15, 0.2) is 11.5 Å². The Morgan fingerprint density at radius 3 is 2.25 bits per heavy atom. The van der Waals surface area contributed by atoms with Crippen molar-refractivity contribution in [2.24, 2.45) is 5.92 Å². The van der Waals surface area contributed by atoms with E-state index < -0.39 is 6.04 Å². The van der Waals surface area contributed by atoms with Crippen molar-refractivity contribution in [1.29, 1.82) is 0 Å². The third kappa shape index (κ3) is 6.79. The molecule has 3 aromatic rings. The second kappa shape index (κ2) is 13.0. The number of ether oxygens (including phenoxy) is 3.